The molecule has 1 aromatic carbocycles. The maximum absolute atomic E-state index is 12.6. The fourth-order valence-electron chi connectivity index (χ4n) is 3.06. The van der Waals surface area contributed by atoms with Gasteiger partial charge in [-0.25, -0.2) is 4.98 Å². The van der Waals surface area contributed by atoms with Crippen LogP contribution in [0, 0.1) is 13.8 Å². The SMILES string of the molecule is COc1ccc(Cl)cc1-c1nc(SCC(=O)c2[nH]c(C)c(C(C)=O)c2C)n[nH]1. The van der Waals surface area contributed by atoms with Crippen molar-refractivity contribution in [3.05, 3.63) is 45.7 Å². The normalized spacial score (nSPS) is 10.9. The lowest BCUT2D eigenvalue weighted by atomic mass is 10.1. The van der Waals surface area contributed by atoms with Crippen molar-refractivity contribution in [2.45, 2.75) is 25.9 Å². The number of methoxy groups -OCH3 is 1. The molecule has 2 N–H and O–H groups in total. The number of carbonyl (C=O) groups is 2. The van der Waals surface area contributed by atoms with Gasteiger partial charge in [0, 0.05) is 16.3 Å². The number of halogens is 1. The number of Topliss-reactive ketones (excluding diaryl/α,β-unsaturated/α-hetero) is 2. The van der Waals surface area contributed by atoms with Crippen LogP contribution in [0.25, 0.3) is 11.4 Å². The first-order valence-corrected chi connectivity index (χ1v) is 9.80. The predicted molar refractivity (Wildman–Crippen MR) is 109 cm³/mol. The Hall–Kier alpha value is -2.58. The zero-order chi connectivity index (χ0) is 20.4. The largest absolute Gasteiger partial charge is 0.496 e. The lowest BCUT2D eigenvalue weighted by Crippen LogP contribution is -2.05. The molecule has 2 heterocycles. The average Bonchev–Trinajstić information content (AvgIpc) is 3.23. The smallest absolute Gasteiger partial charge is 0.209 e. The van der Waals surface area contributed by atoms with Crippen LogP contribution in [-0.2, 0) is 0 Å². The number of ether oxygens (including phenoxy) is 1. The van der Waals surface area contributed by atoms with Crippen LogP contribution in [0.1, 0.15) is 39.0 Å². The quantitative estimate of drug-likeness (QED) is 0.439. The van der Waals surface area contributed by atoms with E-state index in [1.165, 1.54) is 18.7 Å². The summed E-state index contributed by atoms with van der Waals surface area (Å²) in [6.07, 6.45) is 0. The van der Waals surface area contributed by atoms with Gasteiger partial charge in [-0.1, -0.05) is 23.4 Å². The summed E-state index contributed by atoms with van der Waals surface area (Å²) in [5.74, 6) is 1.07. The standard InChI is InChI=1S/C19H19ClN4O3S/c1-9-16(11(3)25)10(2)21-17(9)14(26)8-28-19-22-18(23-24-19)13-7-12(20)5-6-15(13)27-4/h5-7,21H,8H2,1-4H3,(H,22,23,24). The minimum Gasteiger partial charge on any atom is -0.496 e. The number of benzene rings is 1. The molecular weight excluding hydrogens is 400 g/mol. The number of aromatic nitrogens is 4. The summed E-state index contributed by atoms with van der Waals surface area (Å²) in [4.78, 5) is 31.7. The molecule has 28 heavy (non-hydrogen) atoms. The molecule has 2 aromatic heterocycles. The van der Waals surface area contributed by atoms with E-state index in [2.05, 4.69) is 20.2 Å². The van der Waals surface area contributed by atoms with Crippen molar-refractivity contribution in [1.29, 1.82) is 0 Å². The molecule has 0 atom stereocenters. The van der Waals surface area contributed by atoms with Crippen molar-refractivity contribution in [2.24, 2.45) is 0 Å². The molecule has 0 saturated carbocycles. The van der Waals surface area contributed by atoms with Gasteiger partial charge in [0.15, 0.2) is 17.4 Å². The second kappa shape index (κ2) is 8.20. The maximum Gasteiger partial charge on any atom is 0.209 e. The summed E-state index contributed by atoms with van der Waals surface area (Å²) in [6.45, 7) is 5.05. The fourth-order valence-corrected chi connectivity index (χ4v) is 3.90. The number of nitrogens with zero attached hydrogens (tertiary/aromatic N) is 2. The van der Waals surface area contributed by atoms with Crippen molar-refractivity contribution in [2.75, 3.05) is 12.9 Å². The highest BCUT2D eigenvalue weighted by Gasteiger charge is 2.20. The molecule has 3 aromatic rings. The molecule has 0 bridgehead atoms. The number of rotatable bonds is 7. The van der Waals surface area contributed by atoms with Gasteiger partial charge in [0.1, 0.15) is 5.75 Å². The van der Waals surface area contributed by atoms with Crippen molar-refractivity contribution in [1.82, 2.24) is 20.2 Å². The van der Waals surface area contributed by atoms with Gasteiger partial charge in [-0.3, -0.25) is 14.7 Å². The predicted octanol–water partition coefficient (Wildman–Crippen LogP) is 4.26. The molecule has 146 valence electrons. The number of carbonyl (C=O) groups excluding carboxylic acids is 2. The van der Waals surface area contributed by atoms with Crippen LogP contribution in [0.15, 0.2) is 23.4 Å². The molecule has 0 aliphatic heterocycles. The Morgan fingerprint density at radius 3 is 2.68 bits per heavy atom. The third-order valence-corrected chi connectivity index (χ3v) is 5.36. The second-order valence-corrected chi connectivity index (χ2v) is 7.58. The van der Waals surface area contributed by atoms with E-state index in [0.717, 1.165) is 0 Å². The number of thioether (sulfide) groups is 1. The number of ketones is 2. The highest BCUT2D eigenvalue weighted by molar-refractivity contribution is 7.99. The lowest BCUT2D eigenvalue weighted by molar-refractivity contribution is 0.101. The van der Waals surface area contributed by atoms with E-state index in [9.17, 15) is 9.59 Å². The Morgan fingerprint density at radius 2 is 2.04 bits per heavy atom. The van der Waals surface area contributed by atoms with Gasteiger partial charge < -0.3 is 9.72 Å². The van der Waals surface area contributed by atoms with E-state index in [1.807, 2.05) is 0 Å². The van der Waals surface area contributed by atoms with E-state index in [1.54, 1.807) is 39.2 Å². The summed E-state index contributed by atoms with van der Waals surface area (Å²) in [5, 5.41) is 7.97. The van der Waals surface area contributed by atoms with Gasteiger partial charge in [-0.2, -0.15) is 0 Å². The number of aryl methyl sites for hydroxylation is 1. The van der Waals surface area contributed by atoms with Crippen LogP contribution in [0.3, 0.4) is 0 Å². The van der Waals surface area contributed by atoms with Crippen molar-refractivity contribution in [3.63, 3.8) is 0 Å². The number of H-pyrrole nitrogens is 2. The van der Waals surface area contributed by atoms with E-state index < -0.39 is 0 Å². The van der Waals surface area contributed by atoms with E-state index >= 15 is 0 Å². The number of nitrogens with one attached hydrogen (secondary N) is 2. The molecule has 0 fully saturated rings. The van der Waals surface area contributed by atoms with Gasteiger partial charge in [0.25, 0.3) is 0 Å². The zero-order valence-corrected chi connectivity index (χ0v) is 17.4. The van der Waals surface area contributed by atoms with E-state index in [-0.39, 0.29) is 17.3 Å². The summed E-state index contributed by atoms with van der Waals surface area (Å²) >= 11 is 7.26. The van der Waals surface area contributed by atoms with Crippen molar-refractivity contribution < 1.29 is 14.3 Å². The Kier molecular flexibility index (Phi) is 5.90. The number of aromatic amines is 2. The fraction of sp³-hybridized carbons (Fsp3) is 0.263. The molecule has 0 saturated heterocycles. The minimum absolute atomic E-state index is 0.0629. The summed E-state index contributed by atoms with van der Waals surface area (Å²) in [6, 6.07) is 5.21. The van der Waals surface area contributed by atoms with Crippen molar-refractivity contribution >= 4 is 34.9 Å². The number of hydrogen-bond acceptors (Lipinski definition) is 6. The average molecular weight is 419 g/mol. The van der Waals surface area contributed by atoms with Crippen LogP contribution in [0.4, 0.5) is 0 Å². The minimum atomic E-state index is -0.121. The van der Waals surface area contributed by atoms with Gasteiger partial charge in [-0.15, -0.1) is 5.10 Å². The molecule has 0 unspecified atom stereocenters. The first kappa shape index (κ1) is 20.2. The third-order valence-electron chi connectivity index (χ3n) is 4.28. The van der Waals surface area contributed by atoms with E-state index in [0.29, 0.717) is 49.8 Å². The maximum atomic E-state index is 12.6. The Bertz CT molecular complexity index is 1060. The Labute approximate surface area is 171 Å². The highest BCUT2D eigenvalue weighted by atomic mass is 35.5. The van der Waals surface area contributed by atoms with Crippen LogP contribution >= 0.6 is 23.4 Å². The molecule has 0 radical (unpaired) electrons. The molecule has 9 heteroatoms. The highest BCUT2D eigenvalue weighted by Crippen LogP contribution is 2.31. The lowest BCUT2D eigenvalue weighted by Gasteiger charge is -2.05. The van der Waals surface area contributed by atoms with E-state index in [4.69, 9.17) is 16.3 Å². The summed E-state index contributed by atoms with van der Waals surface area (Å²) in [7, 11) is 1.56. The van der Waals surface area contributed by atoms with Gasteiger partial charge in [-0.05, 0) is 44.5 Å². The topological polar surface area (TPSA) is 101 Å². The molecule has 3 rings (SSSR count). The molecule has 0 amide bonds. The number of hydrogen-bond donors (Lipinski definition) is 2. The monoisotopic (exact) mass is 418 g/mol. The van der Waals surface area contributed by atoms with Crippen LogP contribution in [0.5, 0.6) is 5.75 Å². The van der Waals surface area contributed by atoms with Gasteiger partial charge >= 0.3 is 0 Å². The van der Waals surface area contributed by atoms with Gasteiger partial charge in [0.2, 0.25) is 5.16 Å². The van der Waals surface area contributed by atoms with Gasteiger partial charge in [0.05, 0.1) is 24.1 Å². The second-order valence-electron chi connectivity index (χ2n) is 6.20. The molecule has 7 nitrogen and oxygen atoms in total. The molecule has 0 aliphatic rings. The molecular formula is C19H19ClN4O3S. The first-order chi connectivity index (χ1) is 13.3. The zero-order valence-electron chi connectivity index (χ0n) is 15.8. The Balaban J connectivity index is 1.75. The van der Waals surface area contributed by atoms with Crippen LogP contribution < -0.4 is 4.74 Å². The molecule has 0 spiro atoms. The van der Waals surface area contributed by atoms with Crippen LogP contribution in [-0.4, -0.2) is 44.6 Å². The summed E-state index contributed by atoms with van der Waals surface area (Å²) in [5.41, 5.74) is 3.08. The Morgan fingerprint density at radius 1 is 1.29 bits per heavy atom. The summed E-state index contributed by atoms with van der Waals surface area (Å²) < 4.78 is 5.33. The first-order valence-electron chi connectivity index (χ1n) is 8.44. The molecule has 0 aliphatic carbocycles. The third kappa shape index (κ3) is 3.98. The van der Waals surface area contributed by atoms with Crippen LogP contribution in [0.2, 0.25) is 5.02 Å². The van der Waals surface area contributed by atoms with Crippen molar-refractivity contribution in [3.8, 4) is 17.1 Å².